The van der Waals surface area contributed by atoms with E-state index in [1.807, 2.05) is 60.7 Å². The van der Waals surface area contributed by atoms with Crippen molar-refractivity contribution in [3.05, 3.63) is 96.0 Å². The molecule has 0 unspecified atom stereocenters. The lowest BCUT2D eigenvalue weighted by atomic mass is 10.2. The van der Waals surface area contributed by atoms with E-state index in [1.54, 1.807) is 35.4 Å². The Balaban J connectivity index is 1.69. The average Bonchev–Trinajstić information content (AvgIpc) is 3.25. The van der Waals surface area contributed by atoms with Crippen LogP contribution in [0.25, 0.3) is 6.08 Å². The number of benzene rings is 2. The van der Waals surface area contributed by atoms with Crippen LogP contribution < -0.4 is 4.74 Å². The lowest BCUT2D eigenvalue weighted by Crippen LogP contribution is -2.28. The number of amides is 1. The first kappa shape index (κ1) is 19.0. The van der Waals surface area contributed by atoms with Crippen molar-refractivity contribution in [3.63, 3.8) is 0 Å². The number of hydrogen-bond acceptors (Lipinski definition) is 4. The molecule has 1 heterocycles. The second-order valence-electron chi connectivity index (χ2n) is 6.11. The summed E-state index contributed by atoms with van der Waals surface area (Å²) in [5, 5.41) is 8.54. The minimum Gasteiger partial charge on any atom is -0.479 e. The van der Waals surface area contributed by atoms with Crippen molar-refractivity contribution < 1.29 is 13.9 Å². The molecule has 0 aliphatic rings. The zero-order valence-corrected chi connectivity index (χ0v) is 15.3. The van der Waals surface area contributed by atoms with Gasteiger partial charge < -0.3 is 14.1 Å². The van der Waals surface area contributed by atoms with Gasteiger partial charge in [-0.15, -0.1) is 0 Å². The summed E-state index contributed by atoms with van der Waals surface area (Å²) in [6, 6.07) is 22.7. The lowest BCUT2D eigenvalue weighted by molar-refractivity contribution is -0.127. The highest BCUT2D eigenvalue weighted by molar-refractivity contribution is 5.91. The van der Waals surface area contributed by atoms with Gasteiger partial charge in [-0.2, -0.15) is 5.26 Å². The van der Waals surface area contributed by atoms with Crippen LogP contribution in [0.3, 0.4) is 0 Å². The zero-order chi connectivity index (χ0) is 19.6. The highest BCUT2D eigenvalue weighted by Gasteiger charge is 2.13. The maximum Gasteiger partial charge on any atom is 0.247 e. The van der Waals surface area contributed by atoms with Gasteiger partial charge in [-0.3, -0.25) is 4.79 Å². The van der Waals surface area contributed by atoms with Gasteiger partial charge in [-0.1, -0.05) is 42.5 Å². The normalized spacial score (nSPS) is 10.5. The molecule has 0 bridgehead atoms. The average molecular weight is 372 g/mol. The molecule has 3 aromatic rings. The molecule has 0 atom stereocenters. The number of nitriles is 1. The molecule has 2 aromatic carbocycles. The number of nitrogens with zero attached hydrogens (tertiary/aromatic N) is 2. The maximum atomic E-state index is 12.8. The molecule has 0 aliphatic heterocycles. The van der Waals surface area contributed by atoms with E-state index < -0.39 is 0 Å². The van der Waals surface area contributed by atoms with Gasteiger partial charge in [0.25, 0.3) is 0 Å². The number of carbonyl (C=O) groups is 1. The van der Waals surface area contributed by atoms with E-state index in [2.05, 4.69) is 0 Å². The van der Waals surface area contributed by atoms with Crippen LogP contribution in [0.5, 0.6) is 5.75 Å². The largest absolute Gasteiger partial charge is 0.479 e. The molecule has 140 valence electrons. The molecule has 0 saturated heterocycles. The quantitative estimate of drug-likeness (QED) is 0.549. The van der Waals surface area contributed by atoms with Crippen LogP contribution in [-0.2, 0) is 17.9 Å². The molecule has 0 spiro atoms. The van der Waals surface area contributed by atoms with E-state index in [0.29, 0.717) is 18.8 Å². The highest BCUT2D eigenvalue weighted by Crippen LogP contribution is 2.15. The van der Waals surface area contributed by atoms with E-state index in [-0.39, 0.29) is 12.5 Å². The van der Waals surface area contributed by atoms with Gasteiger partial charge in [0, 0.05) is 12.6 Å². The molecular formula is C23H20N2O3. The maximum absolute atomic E-state index is 12.8. The van der Waals surface area contributed by atoms with Gasteiger partial charge in [-0.05, 0) is 41.5 Å². The molecule has 0 radical (unpaired) electrons. The van der Waals surface area contributed by atoms with E-state index in [9.17, 15) is 4.79 Å². The SMILES string of the molecule is N#CCOc1ccc(/C=C/C(=O)N(Cc2ccccc2)Cc2ccco2)cc1. The number of rotatable bonds is 8. The fourth-order valence-corrected chi connectivity index (χ4v) is 2.67. The second kappa shape index (κ2) is 9.79. The smallest absolute Gasteiger partial charge is 0.247 e. The van der Waals surface area contributed by atoms with Crippen LogP contribution in [0.4, 0.5) is 0 Å². The Morgan fingerprint density at radius 1 is 1.04 bits per heavy atom. The number of hydrogen-bond donors (Lipinski definition) is 0. The lowest BCUT2D eigenvalue weighted by Gasteiger charge is -2.20. The van der Waals surface area contributed by atoms with Crippen molar-refractivity contribution in [1.29, 1.82) is 5.26 Å². The summed E-state index contributed by atoms with van der Waals surface area (Å²) in [6.07, 6.45) is 4.92. The van der Waals surface area contributed by atoms with Gasteiger partial charge in [0.15, 0.2) is 6.61 Å². The highest BCUT2D eigenvalue weighted by atomic mass is 16.5. The predicted octanol–water partition coefficient (Wildman–Crippen LogP) is 4.42. The molecule has 3 rings (SSSR count). The third-order valence-corrected chi connectivity index (χ3v) is 4.06. The molecule has 0 fully saturated rings. The van der Waals surface area contributed by atoms with Crippen LogP contribution >= 0.6 is 0 Å². The monoisotopic (exact) mass is 372 g/mol. The Hall–Kier alpha value is -3.78. The first-order valence-electron chi connectivity index (χ1n) is 8.88. The van der Waals surface area contributed by atoms with E-state index >= 15 is 0 Å². The van der Waals surface area contributed by atoms with Crippen molar-refractivity contribution in [2.24, 2.45) is 0 Å². The Morgan fingerprint density at radius 3 is 2.50 bits per heavy atom. The minimum atomic E-state index is -0.106. The van der Waals surface area contributed by atoms with Crippen molar-refractivity contribution in [2.45, 2.75) is 13.1 Å². The van der Waals surface area contributed by atoms with Gasteiger partial charge in [-0.25, -0.2) is 0 Å². The number of furan rings is 1. The fourth-order valence-electron chi connectivity index (χ4n) is 2.67. The standard InChI is InChI=1S/C23H20N2O3/c24-14-16-28-21-11-8-19(9-12-21)10-13-23(26)25(18-22-7-4-15-27-22)17-20-5-2-1-3-6-20/h1-13,15H,16-18H2/b13-10+. The van der Waals surface area contributed by atoms with Crippen LogP contribution in [-0.4, -0.2) is 17.4 Å². The van der Waals surface area contributed by atoms with E-state index in [4.69, 9.17) is 14.4 Å². The van der Waals surface area contributed by atoms with Crippen molar-refractivity contribution >= 4 is 12.0 Å². The summed E-state index contributed by atoms with van der Waals surface area (Å²) >= 11 is 0. The Morgan fingerprint density at radius 2 is 1.82 bits per heavy atom. The molecule has 28 heavy (non-hydrogen) atoms. The predicted molar refractivity (Wildman–Crippen MR) is 106 cm³/mol. The Kier molecular flexibility index (Phi) is 6.64. The molecule has 0 N–H and O–H groups in total. The van der Waals surface area contributed by atoms with E-state index in [1.165, 1.54) is 0 Å². The fraction of sp³-hybridized carbons (Fsp3) is 0.130. The molecular weight excluding hydrogens is 352 g/mol. The number of carbonyl (C=O) groups excluding carboxylic acids is 1. The summed E-state index contributed by atoms with van der Waals surface area (Å²) in [7, 11) is 0. The van der Waals surface area contributed by atoms with Crippen LogP contribution in [0.2, 0.25) is 0 Å². The third-order valence-electron chi connectivity index (χ3n) is 4.06. The van der Waals surface area contributed by atoms with Gasteiger partial charge in [0.1, 0.15) is 17.6 Å². The second-order valence-corrected chi connectivity index (χ2v) is 6.11. The van der Waals surface area contributed by atoms with Crippen molar-refractivity contribution in [2.75, 3.05) is 6.61 Å². The molecule has 0 aliphatic carbocycles. The summed E-state index contributed by atoms with van der Waals surface area (Å²) in [5.74, 6) is 1.25. The third kappa shape index (κ3) is 5.61. The first-order valence-corrected chi connectivity index (χ1v) is 8.88. The van der Waals surface area contributed by atoms with Crippen LogP contribution in [0, 0.1) is 11.3 Å². The van der Waals surface area contributed by atoms with Gasteiger partial charge in [0.05, 0.1) is 12.8 Å². The number of ether oxygens (including phenoxy) is 1. The molecule has 0 saturated carbocycles. The minimum absolute atomic E-state index is 0.00883. The van der Waals surface area contributed by atoms with Crippen LogP contribution in [0.1, 0.15) is 16.9 Å². The topological polar surface area (TPSA) is 66.5 Å². The Labute approximate surface area is 164 Å². The molecule has 1 amide bonds. The van der Waals surface area contributed by atoms with Crippen molar-refractivity contribution in [1.82, 2.24) is 4.90 Å². The zero-order valence-electron chi connectivity index (χ0n) is 15.3. The summed E-state index contributed by atoms with van der Waals surface area (Å²) in [5.41, 5.74) is 1.92. The molecule has 1 aromatic heterocycles. The molecule has 5 heteroatoms. The molecule has 5 nitrogen and oxygen atoms in total. The Bertz CT molecular complexity index is 940. The summed E-state index contributed by atoms with van der Waals surface area (Å²) in [6.45, 7) is 0.895. The first-order chi connectivity index (χ1) is 13.7. The van der Waals surface area contributed by atoms with Crippen LogP contribution in [0.15, 0.2) is 83.5 Å². The van der Waals surface area contributed by atoms with Gasteiger partial charge >= 0.3 is 0 Å². The van der Waals surface area contributed by atoms with E-state index in [0.717, 1.165) is 16.9 Å². The van der Waals surface area contributed by atoms with Gasteiger partial charge in [0.2, 0.25) is 5.91 Å². The summed E-state index contributed by atoms with van der Waals surface area (Å²) < 4.78 is 10.6. The summed E-state index contributed by atoms with van der Waals surface area (Å²) in [4.78, 5) is 14.5. The van der Waals surface area contributed by atoms with Crippen molar-refractivity contribution in [3.8, 4) is 11.8 Å².